The first kappa shape index (κ1) is 16.4. The molecule has 2 aromatic carbocycles. The minimum atomic E-state index is -0.159. The molecule has 0 radical (unpaired) electrons. The first-order chi connectivity index (χ1) is 10.5. The van der Waals surface area contributed by atoms with Crippen molar-refractivity contribution in [2.24, 2.45) is 0 Å². The normalized spacial score (nSPS) is 11.8. The van der Waals surface area contributed by atoms with Gasteiger partial charge in [-0.3, -0.25) is 4.79 Å². The molecular formula is C18H20ClNO2. The van der Waals surface area contributed by atoms with Gasteiger partial charge < -0.3 is 10.1 Å². The molecule has 0 fully saturated rings. The summed E-state index contributed by atoms with van der Waals surface area (Å²) in [7, 11) is 0. The fourth-order valence-electron chi connectivity index (χ4n) is 2.17. The number of amides is 1. The van der Waals surface area contributed by atoms with Gasteiger partial charge in [-0.25, -0.2) is 0 Å². The van der Waals surface area contributed by atoms with Crippen molar-refractivity contribution in [3.8, 4) is 5.75 Å². The number of hydrogen-bond donors (Lipinski definition) is 1. The second kappa shape index (κ2) is 7.32. The van der Waals surface area contributed by atoms with E-state index in [-0.39, 0.29) is 18.6 Å². The maximum atomic E-state index is 12.0. The minimum Gasteiger partial charge on any atom is -0.483 e. The summed E-state index contributed by atoms with van der Waals surface area (Å²) in [6, 6.07) is 13.1. The van der Waals surface area contributed by atoms with Gasteiger partial charge in [0.1, 0.15) is 5.75 Å². The van der Waals surface area contributed by atoms with Crippen molar-refractivity contribution in [2.45, 2.75) is 26.8 Å². The molecule has 2 rings (SSSR count). The summed E-state index contributed by atoms with van der Waals surface area (Å²) in [5.74, 6) is 0.582. The van der Waals surface area contributed by atoms with Crippen LogP contribution in [0.5, 0.6) is 5.75 Å². The van der Waals surface area contributed by atoms with Gasteiger partial charge in [-0.2, -0.15) is 0 Å². The smallest absolute Gasteiger partial charge is 0.258 e. The van der Waals surface area contributed by atoms with Crippen molar-refractivity contribution in [2.75, 3.05) is 6.61 Å². The zero-order valence-electron chi connectivity index (χ0n) is 13.0. The number of hydrogen-bond acceptors (Lipinski definition) is 2. The molecule has 0 saturated carbocycles. The van der Waals surface area contributed by atoms with Crippen molar-refractivity contribution in [1.29, 1.82) is 0 Å². The van der Waals surface area contributed by atoms with E-state index in [9.17, 15) is 4.79 Å². The van der Waals surface area contributed by atoms with Gasteiger partial charge in [-0.15, -0.1) is 0 Å². The molecule has 0 spiro atoms. The predicted octanol–water partition coefficient (Wildman–Crippen LogP) is 4.21. The average molecular weight is 318 g/mol. The summed E-state index contributed by atoms with van der Waals surface area (Å²) in [6.07, 6.45) is 0. The second-order valence-electron chi connectivity index (χ2n) is 5.33. The van der Waals surface area contributed by atoms with Crippen LogP contribution in [-0.4, -0.2) is 12.5 Å². The minimum absolute atomic E-state index is 0.00476. The molecule has 0 aliphatic rings. The lowest BCUT2D eigenvalue weighted by Crippen LogP contribution is -2.31. The Morgan fingerprint density at radius 2 is 1.95 bits per heavy atom. The summed E-state index contributed by atoms with van der Waals surface area (Å²) in [6.45, 7) is 5.91. The number of carbonyl (C=O) groups excluding carboxylic acids is 1. The zero-order chi connectivity index (χ0) is 16.1. The molecule has 3 nitrogen and oxygen atoms in total. The number of carbonyl (C=O) groups is 1. The molecule has 1 atom stereocenters. The monoisotopic (exact) mass is 317 g/mol. The van der Waals surface area contributed by atoms with Crippen molar-refractivity contribution in [1.82, 2.24) is 5.32 Å². The van der Waals surface area contributed by atoms with Crippen LogP contribution in [0.2, 0.25) is 5.02 Å². The SMILES string of the molecule is Cc1cccc(OCC(=O)N[C@@H](C)c2cccc(Cl)c2)c1C. The van der Waals surface area contributed by atoms with Crippen LogP contribution in [-0.2, 0) is 4.79 Å². The Balaban J connectivity index is 1.91. The standard InChI is InChI=1S/C18H20ClNO2/c1-12-6-4-9-17(13(12)2)22-11-18(21)20-14(3)15-7-5-8-16(19)10-15/h4-10,14H,11H2,1-3H3,(H,20,21)/t14-/m0/s1. The fraction of sp³-hybridized carbons (Fsp3) is 0.278. The zero-order valence-corrected chi connectivity index (χ0v) is 13.8. The van der Waals surface area contributed by atoms with Crippen LogP contribution >= 0.6 is 11.6 Å². The van der Waals surface area contributed by atoms with Gasteiger partial charge in [0.25, 0.3) is 5.91 Å². The highest BCUT2D eigenvalue weighted by atomic mass is 35.5. The van der Waals surface area contributed by atoms with E-state index in [0.717, 1.165) is 22.4 Å². The molecule has 2 aromatic rings. The number of nitrogens with one attached hydrogen (secondary N) is 1. The van der Waals surface area contributed by atoms with Gasteiger partial charge in [0, 0.05) is 5.02 Å². The van der Waals surface area contributed by atoms with Crippen LogP contribution in [0.25, 0.3) is 0 Å². The second-order valence-corrected chi connectivity index (χ2v) is 5.77. The Morgan fingerprint density at radius 3 is 2.68 bits per heavy atom. The van der Waals surface area contributed by atoms with Crippen molar-refractivity contribution in [3.63, 3.8) is 0 Å². The average Bonchev–Trinajstić information content (AvgIpc) is 2.48. The van der Waals surface area contributed by atoms with E-state index in [2.05, 4.69) is 5.32 Å². The van der Waals surface area contributed by atoms with Gasteiger partial charge in [-0.1, -0.05) is 35.9 Å². The highest BCUT2D eigenvalue weighted by Crippen LogP contribution is 2.21. The van der Waals surface area contributed by atoms with Crippen LogP contribution < -0.4 is 10.1 Å². The highest BCUT2D eigenvalue weighted by molar-refractivity contribution is 6.30. The Labute approximate surface area is 136 Å². The number of benzene rings is 2. The fourth-order valence-corrected chi connectivity index (χ4v) is 2.36. The lowest BCUT2D eigenvalue weighted by Gasteiger charge is -2.16. The van der Waals surface area contributed by atoms with Crippen LogP contribution in [0.15, 0.2) is 42.5 Å². The first-order valence-electron chi connectivity index (χ1n) is 7.21. The molecule has 116 valence electrons. The predicted molar refractivity (Wildman–Crippen MR) is 89.4 cm³/mol. The van der Waals surface area contributed by atoms with Gasteiger partial charge in [-0.05, 0) is 55.7 Å². The summed E-state index contributed by atoms with van der Waals surface area (Å²) in [4.78, 5) is 12.0. The van der Waals surface area contributed by atoms with Crippen LogP contribution in [0.1, 0.15) is 29.7 Å². The third kappa shape index (κ3) is 4.25. The molecular weight excluding hydrogens is 298 g/mol. The summed E-state index contributed by atoms with van der Waals surface area (Å²) in [5.41, 5.74) is 3.16. The molecule has 22 heavy (non-hydrogen) atoms. The molecule has 0 bridgehead atoms. The molecule has 1 amide bonds. The van der Waals surface area contributed by atoms with E-state index in [1.807, 2.05) is 63.2 Å². The third-order valence-electron chi connectivity index (χ3n) is 3.64. The Kier molecular flexibility index (Phi) is 5.45. The topological polar surface area (TPSA) is 38.3 Å². The Bertz CT molecular complexity index is 670. The lowest BCUT2D eigenvalue weighted by atomic mass is 10.1. The summed E-state index contributed by atoms with van der Waals surface area (Å²) in [5, 5.41) is 3.56. The quantitative estimate of drug-likeness (QED) is 0.897. The van der Waals surface area contributed by atoms with Gasteiger partial charge in [0.2, 0.25) is 0 Å². The van der Waals surface area contributed by atoms with E-state index in [1.165, 1.54) is 0 Å². The number of rotatable bonds is 5. The van der Waals surface area contributed by atoms with Crippen LogP contribution in [0.4, 0.5) is 0 Å². The van der Waals surface area contributed by atoms with Crippen molar-refractivity contribution >= 4 is 17.5 Å². The molecule has 1 N–H and O–H groups in total. The molecule has 0 unspecified atom stereocenters. The molecule has 0 aliphatic carbocycles. The van der Waals surface area contributed by atoms with Crippen molar-refractivity contribution in [3.05, 3.63) is 64.2 Å². The van der Waals surface area contributed by atoms with E-state index < -0.39 is 0 Å². The van der Waals surface area contributed by atoms with E-state index in [1.54, 1.807) is 0 Å². The van der Waals surface area contributed by atoms with E-state index in [4.69, 9.17) is 16.3 Å². The van der Waals surface area contributed by atoms with E-state index in [0.29, 0.717) is 5.02 Å². The van der Waals surface area contributed by atoms with Gasteiger partial charge in [0.15, 0.2) is 6.61 Å². The Morgan fingerprint density at radius 1 is 1.23 bits per heavy atom. The number of halogens is 1. The first-order valence-corrected chi connectivity index (χ1v) is 7.59. The van der Waals surface area contributed by atoms with Crippen LogP contribution in [0.3, 0.4) is 0 Å². The highest BCUT2D eigenvalue weighted by Gasteiger charge is 2.11. The largest absolute Gasteiger partial charge is 0.483 e. The molecule has 4 heteroatoms. The summed E-state index contributed by atoms with van der Waals surface area (Å²) < 4.78 is 5.60. The van der Waals surface area contributed by atoms with Gasteiger partial charge in [0.05, 0.1) is 6.04 Å². The maximum absolute atomic E-state index is 12.0. The van der Waals surface area contributed by atoms with Gasteiger partial charge >= 0.3 is 0 Å². The molecule has 0 heterocycles. The number of ether oxygens (including phenoxy) is 1. The van der Waals surface area contributed by atoms with Crippen molar-refractivity contribution < 1.29 is 9.53 Å². The Hall–Kier alpha value is -2.00. The third-order valence-corrected chi connectivity index (χ3v) is 3.87. The maximum Gasteiger partial charge on any atom is 0.258 e. The summed E-state index contributed by atoms with van der Waals surface area (Å²) >= 11 is 5.96. The molecule has 0 saturated heterocycles. The van der Waals surface area contributed by atoms with E-state index >= 15 is 0 Å². The molecule has 0 aromatic heterocycles. The lowest BCUT2D eigenvalue weighted by molar-refractivity contribution is -0.123. The number of aryl methyl sites for hydroxylation is 1. The van der Waals surface area contributed by atoms with Crippen LogP contribution in [0, 0.1) is 13.8 Å². The molecule has 0 aliphatic heterocycles.